The van der Waals surface area contributed by atoms with E-state index in [1.165, 1.54) is 5.56 Å². The maximum Gasteiger partial charge on any atom is 0.184 e. The van der Waals surface area contributed by atoms with Crippen LogP contribution in [-0.4, -0.2) is 18.4 Å². The highest BCUT2D eigenvalue weighted by Crippen LogP contribution is 2.28. The average molecular weight is 329 g/mol. The Labute approximate surface area is 141 Å². The second-order valence-corrected chi connectivity index (χ2v) is 5.36. The van der Waals surface area contributed by atoms with Gasteiger partial charge in [0.05, 0.1) is 13.3 Å². The summed E-state index contributed by atoms with van der Waals surface area (Å²) in [5, 5.41) is 4.03. The zero-order chi connectivity index (χ0) is 16.7. The van der Waals surface area contributed by atoms with Crippen molar-refractivity contribution in [2.45, 2.75) is 13.5 Å². The lowest BCUT2D eigenvalue weighted by atomic mass is 10.1. The molecular formula is C17H19N3O2S. The highest BCUT2D eigenvalue weighted by molar-refractivity contribution is 7.80. The second-order valence-electron chi connectivity index (χ2n) is 4.92. The van der Waals surface area contributed by atoms with Gasteiger partial charge in [0, 0.05) is 0 Å². The Kier molecular flexibility index (Phi) is 5.94. The van der Waals surface area contributed by atoms with Crippen LogP contribution in [0.5, 0.6) is 11.5 Å². The Balaban J connectivity index is 2.07. The van der Waals surface area contributed by atoms with Gasteiger partial charge in [-0.15, -0.1) is 0 Å². The molecule has 0 aliphatic rings. The van der Waals surface area contributed by atoms with Crippen molar-refractivity contribution in [3.63, 3.8) is 0 Å². The van der Waals surface area contributed by atoms with Gasteiger partial charge in [-0.05, 0) is 48.5 Å². The van der Waals surface area contributed by atoms with Crippen molar-refractivity contribution in [3.05, 3.63) is 59.2 Å². The van der Waals surface area contributed by atoms with Gasteiger partial charge in [0.1, 0.15) is 6.61 Å². The summed E-state index contributed by atoms with van der Waals surface area (Å²) in [6, 6.07) is 13.7. The molecule has 2 aromatic rings. The fraction of sp³-hybridized carbons (Fsp3) is 0.176. The fourth-order valence-electron chi connectivity index (χ4n) is 2.02. The van der Waals surface area contributed by atoms with E-state index in [0.717, 1.165) is 11.1 Å². The van der Waals surface area contributed by atoms with E-state index in [1.807, 2.05) is 30.3 Å². The molecule has 0 atom stereocenters. The van der Waals surface area contributed by atoms with E-state index < -0.39 is 0 Å². The molecule has 0 aliphatic carbocycles. The normalized spacial score (nSPS) is 10.5. The maximum atomic E-state index is 5.84. The average Bonchev–Trinajstić information content (AvgIpc) is 2.53. The van der Waals surface area contributed by atoms with Gasteiger partial charge in [-0.25, -0.2) is 0 Å². The molecule has 5 nitrogen and oxygen atoms in total. The molecule has 6 heteroatoms. The SMILES string of the molecule is COc1cc(C=NNC(N)=S)ccc1OCc1cccc(C)c1. The van der Waals surface area contributed by atoms with Gasteiger partial charge in [-0.3, -0.25) is 5.43 Å². The summed E-state index contributed by atoms with van der Waals surface area (Å²) >= 11 is 4.68. The smallest absolute Gasteiger partial charge is 0.184 e. The molecule has 23 heavy (non-hydrogen) atoms. The molecule has 2 rings (SSSR count). The molecule has 0 aromatic heterocycles. The molecule has 0 unspecified atom stereocenters. The monoisotopic (exact) mass is 329 g/mol. The van der Waals surface area contributed by atoms with E-state index >= 15 is 0 Å². The van der Waals surface area contributed by atoms with E-state index in [4.69, 9.17) is 15.2 Å². The minimum atomic E-state index is 0.117. The molecular weight excluding hydrogens is 310 g/mol. The van der Waals surface area contributed by atoms with Crippen LogP contribution >= 0.6 is 12.2 Å². The fourth-order valence-corrected chi connectivity index (χ4v) is 2.07. The van der Waals surface area contributed by atoms with Crippen LogP contribution in [0.3, 0.4) is 0 Å². The molecule has 0 fully saturated rings. The van der Waals surface area contributed by atoms with Gasteiger partial charge < -0.3 is 15.2 Å². The molecule has 0 saturated carbocycles. The highest BCUT2D eigenvalue weighted by Gasteiger charge is 2.05. The first kappa shape index (κ1) is 16.8. The Hall–Kier alpha value is -2.60. The quantitative estimate of drug-likeness (QED) is 0.484. The number of hydrogen-bond acceptors (Lipinski definition) is 4. The van der Waals surface area contributed by atoms with Gasteiger partial charge in [-0.2, -0.15) is 5.10 Å². The molecule has 0 saturated heterocycles. The molecule has 120 valence electrons. The van der Waals surface area contributed by atoms with Crippen molar-refractivity contribution in [2.24, 2.45) is 10.8 Å². The van der Waals surface area contributed by atoms with Crippen LogP contribution in [0.1, 0.15) is 16.7 Å². The van der Waals surface area contributed by atoms with Crippen LogP contribution in [0.25, 0.3) is 0 Å². The van der Waals surface area contributed by atoms with Gasteiger partial charge in [0.2, 0.25) is 0 Å². The minimum absolute atomic E-state index is 0.117. The van der Waals surface area contributed by atoms with Crippen molar-refractivity contribution in [3.8, 4) is 11.5 Å². The Bertz CT molecular complexity index is 717. The van der Waals surface area contributed by atoms with E-state index in [0.29, 0.717) is 18.1 Å². The third-order valence-corrected chi connectivity index (χ3v) is 3.14. The molecule has 3 N–H and O–H groups in total. The predicted octanol–water partition coefficient (Wildman–Crippen LogP) is 2.75. The summed E-state index contributed by atoms with van der Waals surface area (Å²) < 4.78 is 11.2. The summed E-state index contributed by atoms with van der Waals surface area (Å²) in [4.78, 5) is 0. The first-order valence-corrected chi connectivity index (χ1v) is 7.44. The lowest BCUT2D eigenvalue weighted by molar-refractivity contribution is 0.284. The third kappa shape index (κ3) is 5.27. The number of nitrogens with zero attached hydrogens (tertiary/aromatic N) is 1. The summed E-state index contributed by atoms with van der Waals surface area (Å²) in [5.41, 5.74) is 11.0. The Morgan fingerprint density at radius 3 is 2.78 bits per heavy atom. The zero-order valence-electron chi connectivity index (χ0n) is 13.1. The number of nitrogens with one attached hydrogen (secondary N) is 1. The molecule has 0 heterocycles. The predicted molar refractivity (Wildman–Crippen MR) is 96.0 cm³/mol. The van der Waals surface area contributed by atoms with Crippen LogP contribution in [0.4, 0.5) is 0 Å². The number of aryl methyl sites for hydroxylation is 1. The first-order chi connectivity index (χ1) is 11.1. The number of methoxy groups -OCH3 is 1. The molecule has 0 spiro atoms. The standard InChI is InChI=1S/C17H19N3O2S/c1-12-4-3-5-14(8-12)11-22-15-7-6-13(9-16(15)21-2)10-19-20-17(18)23/h3-10H,11H2,1-2H3,(H3,18,20,23). The van der Waals surface area contributed by atoms with E-state index in [2.05, 4.69) is 41.8 Å². The molecule has 0 bridgehead atoms. The van der Waals surface area contributed by atoms with Crippen molar-refractivity contribution < 1.29 is 9.47 Å². The first-order valence-electron chi connectivity index (χ1n) is 7.03. The topological polar surface area (TPSA) is 68.9 Å². The number of hydrogen-bond donors (Lipinski definition) is 2. The van der Waals surface area contributed by atoms with Gasteiger partial charge in [0.25, 0.3) is 0 Å². The van der Waals surface area contributed by atoms with Crippen LogP contribution < -0.4 is 20.6 Å². The number of hydrazone groups is 1. The van der Waals surface area contributed by atoms with Gasteiger partial charge in [0.15, 0.2) is 16.6 Å². The van der Waals surface area contributed by atoms with Crippen molar-refractivity contribution in [1.29, 1.82) is 0 Å². The van der Waals surface area contributed by atoms with Crippen LogP contribution in [-0.2, 0) is 6.61 Å². The van der Waals surface area contributed by atoms with Crippen molar-refractivity contribution in [2.75, 3.05) is 7.11 Å². The third-order valence-electron chi connectivity index (χ3n) is 3.05. The van der Waals surface area contributed by atoms with Crippen LogP contribution in [0, 0.1) is 6.92 Å². The minimum Gasteiger partial charge on any atom is -0.493 e. The van der Waals surface area contributed by atoms with Crippen LogP contribution in [0.2, 0.25) is 0 Å². The number of ether oxygens (including phenoxy) is 2. The molecule has 2 aromatic carbocycles. The number of rotatable bonds is 6. The van der Waals surface area contributed by atoms with E-state index in [-0.39, 0.29) is 5.11 Å². The molecule has 0 radical (unpaired) electrons. The number of thiocarbonyl (C=S) groups is 1. The Morgan fingerprint density at radius 1 is 1.26 bits per heavy atom. The number of nitrogens with two attached hydrogens (primary N) is 1. The lowest BCUT2D eigenvalue weighted by Gasteiger charge is -2.11. The van der Waals surface area contributed by atoms with E-state index in [9.17, 15) is 0 Å². The zero-order valence-corrected chi connectivity index (χ0v) is 13.9. The van der Waals surface area contributed by atoms with Crippen molar-refractivity contribution in [1.82, 2.24) is 5.43 Å². The largest absolute Gasteiger partial charge is 0.493 e. The number of benzene rings is 2. The second kappa shape index (κ2) is 8.14. The maximum absolute atomic E-state index is 5.84. The summed E-state index contributed by atoms with van der Waals surface area (Å²) in [6.45, 7) is 2.54. The van der Waals surface area contributed by atoms with Gasteiger partial charge in [-0.1, -0.05) is 29.8 Å². The highest BCUT2D eigenvalue weighted by atomic mass is 32.1. The molecule has 0 amide bonds. The summed E-state index contributed by atoms with van der Waals surface area (Å²) in [6.07, 6.45) is 1.60. The van der Waals surface area contributed by atoms with E-state index in [1.54, 1.807) is 13.3 Å². The Morgan fingerprint density at radius 2 is 2.09 bits per heavy atom. The van der Waals surface area contributed by atoms with Gasteiger partial charge >= 0.3 is 0 Å². The van der Waals surface area contributed by atoms with Crippen molar-refractivity contribution >= 4 is 23.5 Å². The lowest BCUT2D eigenvalue weighted by Crippen LogP contribution is -2.23. The summed E-state index contributed by atoms with van der Waals surface area (Å²) in [5.74, 6) is 1.31. The summed E-state index contributed by atoms with van der Waals surface area (Å²) in [7, 11) is 1.60. The van der Waals surface area contributed by atoms with Crippen LogP contribution in [0.15, 0.2) is 47.6 Å². The molecule has 0 aliphatic heterocycles.